The lowest BCUT2D eigenvalue weighted by Gasteiger charge is -2.26. The van der Waals surface area contributed by atoms with Crippen molar-refractivity contribution >= 4 is 21.8 Å². The fourth-order valence-corrected chi connectivity index (χ4v) is 1.90. The van der Waals surface area contributed by atoms with Gasteiger partial charge in [0, 0.05) is 10.0 Å². The minimum atomic E-state index is -0.589. The largest absolute Gasteiger partial charge is 0.481 e. The maximum Gasteiger partial charge on any atom is 0.261 e. The Labute approximate surface area is 128 Å². The number of aliphatic hydroxyl groups is 1. The quantitative estimate of drug-likeness (QED) is 0.834. The third-order valence-corrected chi connectivity index (χ3v) is 3.99. The molecular formula is C15H22BrNO3. The van der Waals surface area contributed by atoms with Crippen LogP contribution in [0.15, 0.2) is 22.7 Å². The number of hydrogen-bond donors (Lipinski definition) is 2. The van der Waals surface area contributed by atoms with E-state index >= 15 is 0 Å². The van der Waals surface area contributed by atoms with Gasteiger partial charge in [-0.05, 0) is 51.0 Å². The minimum Gasteiger partial charge on any atom is -0.481 e. The Balaban J connectivity index is 2.70. The van der Waals surface area contributed by atoms with E-state index < -0.39 is 6.10 Å². The zero-order valence-electron chi connectivity index (χ0n) is 12.4. The average Bonchev–Trinajstić information content (AvgIpc) is 2.40. The summed E-state index contributed by atoms with van der Waals surface area (Å²) in [4.78, 5) is 12.0. The third kappa shape index (κ3) is 4.80. The summed E-state index contributed by atoms with van der Waals surface area (Å²) in [6, 6.07) is 5.28. The number of carbonyl (C=O) groups is 1. The summed E-state index contributed by atoms with van der Waals surface area (Å²) in [6.07, 6.45) is 0.256. The van der Waals surface area contributed by atoms with Crippen LogP contribution in [-0.2, 0) is 11.4 Å². The minimum absolute atomic E-state index is 0.0821. The summed E-state index contributed by atoms with van der Waals surface area (Å²) in [5.74, 6) is 0.416. The predicted molar refractivity (Wildman–Crippen MR) is 82.7 cm³/mol. The normalized spacial score (nSPS) is 12.9. The summed E-state index contributed by atoms with van der Waals surface area (Å²) in [5, 5.41) is 12.1. The van der Waals surface area contributed by atoms with Gasteiger partial charge in [0.1, 0.15) is 5.75 Å². The Morgan fingerprint density at radius 1 is 1.50 bits per heavy atom. The first kappa shape index (κ1) is 17.0. The molecule has 0 aliphatic heterocycles. The number of rotatable bonds is 6. The molecule has 5 heteroatoms. The van der Waals surface area contributed by atoms with Crippen LogP contribution >= 0.6 is 15.9 Å². The molecule has 0 aliphatic rings. The van der Waals surface area contributed by atoms with Crippen LogP contribution in [0.4, 0.5) is 0 Å². The Morgan fingerprint density at radius 3 is 2.70 bits per heavy atom. The summed E-state index contributed by atoms with van der Waals surface area (Å²) < 4.78 is 6.44. The van der Waals surface area contributed by atoms with Gasteiger partial charge in [-0.3, -0.25) is 4.79 Å². The fourth-order valence-electron chi connectivity index (χ4n) is 1.53. The zero-order valence-corrected chi connectivity index (χ0v) is 14.0. The third-order valence-electron chi connectivity index (χ3n) is 3.22. The maximum atomic E-state index is 12.0. The molecule has 0 heterocycles. The van der Waals surface area contributed by atoms with Gasteiger partial charge >= 0.3 is 0 Å². The number of ether oxygens (including phenoxy) is 1. The summed E-state index contributed by atoms with van der Waals surface area (Å²) in [7, 11) is 0. The highest BCUT2D eigenvalue weighted by Gasteiger charge is 2.22. The molecule has 1 unspecified atom stereocenters. The van der Waals surface area contributed by atoms with E-state index in [1.807, 2.05) is 20.8 Å². The first-order valence-electron chi connectivity index (χ1n) is 6.67. The van der Waals surface area contributed by atoms with Crippen molar-refractivity contribution in [2.45, 2.75) is 52.4 Å². The topological polar surface area (TPSA) is 58.6 Å². The average molecular weight is 344 g/mol. The molecule has 0 aromatic heterocycles. The molecule has 4 nitrogen and oxygen atoms in total. The van der Waals surface area contributed by atoms with Gasteiger partial charge in [-0.25, -0.2) is 0 Å². The van der Waals surface area contributed by atoms with Crippen molar-refractivity contribution in [2.75, 3.05) is 0 Å². The standard InChI is InChI=1S/C15H22BrNO3/c1-5-15(3,4)17-14(19)10(2)20-12-6-7-13(16)11(8-12)9-18/h6-8,10,18H,5,9H2,1-4H3,(H,17,19). The van der Waals surface area contributed by atoms with Crippen molar-refractivity contribution in [1.29, 1.82) is 0 Å². The molecule has 0 aliphatic carbocycles. The Morgan fingerprint density at radius 2 is 2.15 bits per heavy atom. The van der Waals surface area contributed by atoms with Gasteiger partial charge < -0.3 is 15.2 Å². The van der Waals surface area contributed by atoms with Gasteiger partial charge in [-0.2, -0.15) is 0 Å². The smallest absolute Gasteiger partial charge is 0.261 e. The number of hydrogen-bond acceptors (Lipinski definition) is 3. The van der Waals surface area contributed by atoms with Crippen molar-refractivity contribution in [3.05, 3.63) is 28.2 Å². The lowest BCUT2D eigenvalue weighted by atomic mass is 10.0. The molecule has 1 amide bonds. The van der Waals surface area contributed by atoms with Gasteiger partial charge in [0.25, 0.3) is 5.91 Å². The van der Waals surface area contributed by atoms with Crippen LogP contribution in [0, 0.1) is 0 Å². The predicted octanol–water partition coefficient (Wildman–Crippen LogP) is 3.01. The van der Waals surface area contributed by atoms with Gasteiger partial charge in [0.05, 0.1) is 6.61 Å². The molecular weight excluding hydrogens is 322 g/mol. The lowest BCUT2D eigenvalue weighted by molar-refractivity contribution is -0.128. The fraction of sp³-hybridized carbons (Fsp3) is 0.533. The summed E-state index contributed by atoms with van der Waals surface area (Å²) in [6.45, 7) is 7.60. The van der Waals surface area contributed by atoms with E-state index in [2.05, 4.69) is 21.2 Å². The van der Waals surface area contributed by atoms with Gasteiger partial charge in [0.15, 0.2) is 6.10 Å². The highest BCUT2D eigenvalue weighted by Crippen LogP contribution is 2.23. The second-order valence-corrected chi connectivity index (χ2v) is 6.25. The van der Waals surface area contributed by atoms with Crippen molar-refractivity contribution in [3.8, 4) is 5.75 Å². The number of benzene rings is 1. The molecule has 1 atom stereocenters. The van der Waals surface area contributed by atoms with Crippen LogP contribution in [0.3, 0.4) is 0 Å². The number of aliphatic hydroxyl groups excluding tert-OH is 1. The Bertz CT molecular complexity index is 474. The number of amides is 1. The second-order valence-electron chi connectivity index (χ2n) is 5.40. The first-order chi connectivity index (χ1) is 9.29. The molecule has 1 rings (SSSR count). The molecule has 0 spiro atoms. The van der Waals surface area contributed by atoms with Gasteiger partial charge in [-0.1, -0.05) is 22.9 Å². The molecule has 0 radical (unpaired) electrons. The van der Waals surface area contributed by atoms with E-state index in [0.717, 1.165) is 16.5 Å². The van der Waals surface area contributed by atoms with Crippen LogP contribution in [0.2, 0.25) is 0 Å². The highest BCUT2D eigenvalue weighted by molar-refractivity contribution is 9.10. The van der Waals surface area contributed by atoms with Crippen LogP contribution < -0.4 is 10.1 Å². The van der Waals surface area contributed by atoms with E-state index in [1.54, 1.807) is 25.1 Å². The van der Waals surface area contributed by atoms with Crippen LogP contribution in [-0.4, -0.2) is 22.7 Å². The van der Waals surface area contributed by atoms with E-state index in [1.165, 1.54) is 0 Å². The van der Waals surface area contributed by atoms with Crippen molar-refractivity contribution < 1.29 is 14.6 Å². The van der Waals surface area contributed by atoms with Gasteiger partial charge in [-0.15, -0.1) is 0 Å². The van der Waals surface area contributed by atoms with Crippen LogP contribution in [0.5, 0.6) is 5.75 Å². The molecule has 0 saturated heterocycles. The van der Waals surface area contributed by atoms with Crippen molar-refractivity contribution in [3.63, 3.8) is 0 Å². The van der Waals surface area contributed by atoms with Crippen molar-refractivity contribution in [1.82, 2.24) is 5.32 Å². The molecule has 0 saturated carbocycles. The first-order valence-corrected chi connectivity index (χ1v) is 7.46. The summed E-state index contributed by atoms with van der Waals surface area (Å²) in [5.41, 5.74) is 0.481. The molecule has 0 bridgehead atoms. The van der Waals surface area contributed by atoms with E-state index in [-0.39, 0.29) is 18.1 Å². The van der Waals surface area contributed by atoms with E-state index in [0.29, 0.717) is 5.75 Å². The molecule has 20 heavy (non-hydrogen) atoms. The number of nitrogens with one attached hydrogen (secondary N) is 1. The Kier molecular flexibility index (Phi) is 6.02. The van der Waals surface area contributed by atoms with Crippen LogP contribution in [0.25, 0.3) is 0 Å². The summed E-state index contributed by atoms with van der Waals surface area (Å²) >= 11 is 3.34. The molecule has 112 valence electrons. The molecule has 1 aromatic rings. The van der Waals surface area contributed by atoms with E-state index in [9.17, 15) is 9.90 Å². The van der Waals surface area contributed by atoms with Gasteiger partial charge in [0.2, 0.25) is 0 Å². The maximum absolute atomic E-state index is 12.0. The second kappa shape index (κ2) is 7.09. The van der Waals surface area contributed by atoms with Crippen molar-refractivity contribution in [2.24, 2.45) is 0 Å². The van der Waals surface area contributed by atoms with Crippen LogP contribution in [0.1, 0.15) is 39.7 Å². The zero-order chi connectivity index (χ0) is 15.3. The molecule has 1 aromatic carbocycles. The monoisotopic (exact) mass is 343 g/mol. The SMILES string of the molecule is CCC(C)(C)NC(=O)C(C)Oc1ccc(Br)c(CO)c1. The number of carbonyl (C=O) groups excluding carboxylic acids is 1. The Hall–Kier alpha value is -1.07. The highest BCUT2D eigenvalue weighted by atomic mass is 79.9. The van der Waals surface area contributed by atoms with E-state index in [4.69, 9.17) is 4.74 Å². The molecule has 2 N–H and O–H groups in total. The lowest BCUT2D eigenvalue weighted by Crippen LogP contribution is -2.48. The molecule has 0 fully saturated rings. The number of halogens is 1.